The molecule has 0 bridgehead atoms. The van der Waals surface area contributed by atoms with Crippen molar-refractivity contribution in [3.05, 3.63) is 23.8 Å². The van der Waals surface area contributed by atoms with Crippen LogP contribution in [-0.2, 0) is 11.2 Å². The summed E-state index contributed by atoms with van der Waals surface area (Å²) in [5.41, 5.74) is 8.91. The summed E-state index contributed by atoms with van der Waals surface area (Å²) >= 11 is 0. The van der Waals surface area contributed by atoms with Crippen molar-refractivity contribution >= 4 is 17.3 Å². The zero-order valence-corrected chi connectivity index (χ0v) is 12.1. The normalized spacial score (nSPS) is 19.7. The molecule has 1 amide bonds. The lowest BCUT2D eigenvalue weighted by Crippen LogP contribution is -2.30. The summed E-state index contributed by atoms with van der Waals surface area (Å²) in [4.78, 5) is 14.5. The van der Waals surface area contributed by atoms with E-state index in [4.69, 9.17) is 5.73 Å². The minimum absolute atomic E-state index is 0.293. The van der Waals surface area contributed by atoms with Crippen molar-refractivity contribution in [2.45, 2.75) is 51.4 Å². The van der Waals surface area contributed by atoms with E-state index in [1.165, 1.54) is 44.1 Å². The van der Waals surface area contributed by atoms with Gasteiger partial charge in [-0.1, -0.05) is 31.7 Å². The molecule has 1 fully saturated rings. The van der Waals surface area contributed by atoms with Crippen molar-refractivity contribution in [1.29, 1.82) is 0 Å². The minimum Gasteiger partial charge on any atom is -0.399 e. The highest BCUT2D eigenvalue weighted by Gasteiger charge is 2.26. The van der Waals surface area contributed by atoms with Gasteiger partial charge in [-0.05, 0) is 42.9 Å². The summed E-state index contributed by atoms with van der Waals surface area (Å²) < 4.78 is 0. The number of rotatable bonds is 2. The van der Waals surface area contributed by atoms with Gasteiger partial charge in [0.1, 0.15) is 0 Å². The fourth-order valence-electron chi connectivity index (χ4n) is 3.58. The maximum Gasteiger partial charge on any atom is 0.227 e. The number of nitrogen functional groups attached to an aromatic ring is 1. The molecule has 3 nitrogen and oxygen atoms in total. The van der Waals surface area contributed by atoms with Crippen molar-refractivity contribution in [3.8, 4) is 0 Å². The van der Waals surface area contributed by atoms with Crippen LogP contribution in [0.1, 0.15) is 50.5 Å². The average molecular weight is 272 g/mol. The average Bonchev–Trinajstić information content (AvgIpc) is 2.67. The first-order chi connectivity index (χ1) is 9.74. The number of nitrogens with two attached hydrogens (primary N) is 1. The fraction of sp³-hybridized carbons (Fsp3) is 0.588. The highest BCUT2D eigenvalue weighted by Crippen LogP contribution is 2.32. The number of hydrogen-bond donors (Lipinski definition) is 1. The van der Waals surface area contributed by atoms with Gasteiger partial charge in [0.25, 0.3) is 0 Å². The standard InChI is InChI=1S/C17H24N2O/c18-15-8-7-14-9-10-19(16(14)12-15)17(20)11-13-5-3-1-2-4-6-13/h7-8,12-13H,1-6,9-11,18H2. The second kappa shape index (κ2) is 5.86. The lowest BCUT2D eigenvalue weighted by molar-refractivity contribution is -0.119. The molecule has 1 aliphatic carbocycles. The van der Waals surface area contributed by atoms with Gasteiger partial charge in [-0.15, -0.1) is 0 Å². The number of amides is 1. The molecule has 0 atom stereocenters. The van der Waals surface area contributed by atoms with Crippen molar-refractivity contribution in [2.75, 3.05) is 17.2 Å². The molecule has 2 aliphatic rings. The second-order valence-electron chi connectivity index (χ2n) is 6.25. The Hall–Kier alpha value is -1.51. The van der Waals surface area contributed by atoms with E-state index in [1.807, 2.05) is 17.0 Å². The number of fused-ring (bicyclic) bond motifs is 1. The minimum atomic E-state index is 0.293. The Balaban J connectivity index is 1.68. The van der Waals surface area contributed by atoms with Crippen LogP contribution in [0.2, 0.25) is 0 Å². The van der Waals surface area contributed by atoms with E-state index in [1.54, 1.807) is 0 Å². The quantitative estimate of drug-likeness (QED) is 0.661. The van der Waals surface area contributed by atoms with E-state index in [2.05, 4.69) is 6.07 Å². The van der Waals surface area contributed by atoms with Crippen LogP contribution in [0, 0.1) is 5.92 Å². The third-order valence-electron chi connectivity index (χ3n) is 4.74. The van der Waals surface area contributed by atoms with E-state index in [0.29, 0.717) is 18.2 Å². The van der Waals surface area contributed by atoms with Crippen LogP contribution in [0.4, 0.5) is 11.4 Å². The zero-order chi connectivity index (χ0) is 13.9. The third-order valence-corrected chi connectivity index (χ3v) is 4.74. The second-order valence-corrected chi connectivity index (χ2v) is 6.25. The van der Waals surface area contributed by atoms with Gasteiger partial charge < -0.3 is 10.6 Å². The van der Waals surface area contributed by atoms with E-state index < -0.39 is 0 Å². The van der Waals surface area contributed by atoms with Gasteiger partial charge in [0.2, 0.25) is 5.91 Å². The number of carbonyl (C=O) groups excluding carboxylic acids is 1. The zero-order valence-electron chi connectivity index (χ0n) is 12.1. The topological polar surface area (TPSA) is 46.3 Å². The molecular weight excluding hydrogens is 248 g/mol. The first-order valence-electron chi connectivity index (χ1n) is 7.93. The first kappa shape index (κ1) is 13.5. The molecule has 2 N–H and O–H groups in total. The number of carbonyl (C=O) groups is 1. The van der Waals surface area contributed by atoms with Gasteiger partial charge in [-0.3, -0.25) is 4.79 Å². The SMILES string of the molecule is Nc1ccc2c(c1)N(C(=O)CC1CCCCCC1)CC2. The summed E-state index contributed by atoms with van der Waals surface area (Å²) in [7, 11) is 0. The number of benzene rings is 1. The summed E-state index contributed by atoms with van der Waals surface area (Å²) in [6.45, 7) is 0.824. The van der Waals surface area contributed by atoms with E-state index in [0.717, 1.165) is 24.3 Å². The Bertz CT molecular complexity index is 490. The Labute approximate surface area is 121 Å². The van der Waals surface area contributed by atoms with Crippen LogP contribution >= 0.6 is 0 Å². The van der Waals surface area contributed by atoms with Crippen molar-refractivity contribution in [3.63, 3.8) is 0 Å². The van der Waals surface area contributed by atoms with Gasteiger partial charge >= 0.3 is 0 Å². The summed E-state index contributed by atoms with van der Waals surface area (Å²) in [6.07, 6.45) is 9.40. The molecule has 1 aromatic carbocycles. The lowest BCUT2D eigenvalue weighted by Gasteiger charge is -2.21. The summed E-state index contributed by atoms with van der Waals surface area (Å²) in [6, 6.07) is 5.94. The monoisotopic (exact) mass is 272 g/mol. The summed E-state index contributed by atoms with van der Waals surface area (Å²) in [5.74, 6) is 0.886. The molecule has 1 heterocycles. The molecule has 108 valence electrons. The van der Waals surface area contributed by atoms with Gasteiger partial charge in [-0.2, -0.15) is 0 Å². The van der Waals surface area contributed by atoms with Crippen LogP contribution in [-0.4, -0.2) is 12.5 Å². The lowest BCUT2D eigenvalue weighted by atomic mass is 9.96. The van der Waals surface area contributed by atoms with Crippen molar-refractivity contribution < 1.29 is 4.79 Å². The highest BCUT2D eigenvalue weighted by molar-refractivity contribution is 5.96. The fourth-order valence-corrected chi connectivity index (χ4v) is 3.58. The third kappa shape index (κ3) is 2.82. The van der Waals surface area contributed by atoms with Crippen LogP contribution in [0.5, 0.6) is 0 Å². The molecule has 0 aromatic heterocycles. The molecule has 3 heteroatoms. The first-order valence-corrected chi connectivity index (χ1v) is 7.93. The predicted octanol–water partition coefficient (Wildman–Crippen LogP) is 3.52. The Morgan fingerprint density at radius 3 is 2.70 bits per heavy atom. The Kier molecular flexibility index (Phi) is 3.95. The maximum absolute atomic E-state index is 12.6. The molecule has 20 heavy (non-hydrogen) atoms. The van der Waals surface area contributed by atoms with Crippen LogP contribution in [0.15, 0.2) is 18.2 Å². The highest BCUT2D eigenvalue weighted by atomic mass is 16.2. The Morgan fingerprint density at radius 1 is 1.20 bits per heavy atom. The van der Waals surface area contributed by atoms with Crippen molar-refractivity contribution in [2.24, 2.45) is 5.92 Å². The number of nitrogens with zero attached hydrogens (tertiary/aromatic N) is 1. The molecular formula is C17H24N2O. The molecule has 1 saturated carbocycles. The largest absolute Gasteiger partial charge is 0.399 e. The Morgan fingerprint density at radius 2 is 1.95 bits per heavy atom. The smallest absolute Gasteiger partial charge is 0.227 e. The van der Waals surface area contributed by atoms with Crippen molar-refractivity contribution in [1.82, 2.24) is 0 Å². The molecule has 1 aliphatic heterocycles. The van der Waals surface area contributed by atoms with Crippen LogP contribution in [0.25, 0.3) is 0 Å². The molecule has 0 radical (unpaired) electrons. The van der Waals surface area contributed by atoms with E-state index in [9.17, 15) is 4.79 Å². The van der Waals surface area contributed by atoms with E-state index in [-0.39, 0.29) is 0 Å². The molecule has 3 rings (SSSR count). The molecule has 0 unspecified atom stereocenters. The molecule has 0 spiro atoms. The van der Waals surface area contributed by atoms with Gasteiger partial charge in [0.05, 0.1) is 0 Å². The number of hydrogen-bond acceptors (Lipinski definition) is 2. The predicted molar refractivity (Wildman–Crippen MR) is 82.7 cm³/mol. The van der Waals surface area contributed by atoms with Crippen LogP contribution < -0.4 is 10.6 Å². The van der Waals surface area contributed by atoms with Gasteiger partial charge in [0, 0.05) is 24.3 Å². The van der Waals surface area contributed by atoms with Gasteiger partial charge in [-0.25, -0.2) is 0 Å². The van der Waals surface area contributed by atoms with Crippen LogP contribution in [0.3, 0.4) is 0 Å². The molecule has 0 saturated heterocycles. The van der Waals surface area contributed by atoms with E-state index >= 15 is 0 Å². The number of anilines is 2. The molecule has 1 aromatic rings. The summed E-state index contributed by atoms with van der Waals surface area (Å²) in [5, 5.41) is 0. The van der Waals surface area contributed by atoms with Gasteiger partial charge in [0.15, 0.2) is 0 Å². The maximum atomic E-state index is 12.6.